The van der Waals surface area contributed by atoms with Gasteiger partial charge in [0.25, 0.3) is 0 Å². The lowest BCUT2D eigenvalue weighted by molar-refractivity contribution is 0.737. The normalized spacial score (nSPS) is 14.3. The van der Waals surface area contributed by atoms with E-state index in [0.29, 0.717) is 0 Å². The van der Waals surface area contributed by atoms with Crippen LogP contribution in [-0.4, -0.2) is 38.2 Å². The van der Waals surface area contributed by atoms with Crippen molar-refractivity contribution in [1.82, 2.24) is 30.5 Å². The highest BCUT2D eigenvalue weighted by Gasteiger charge is 2.17. The van der Waals surface area contributed by atoms with E-state index in [-0.39, 0.29) is 0 Å². The lowest BCUT2D eigenvalue weighted by Crippen LogP contribution is -2.20. The molecule has 6 rings (SSSR count). The molecule has 0 spiro atoms. The minimum Gasteiger partial charge on any atom is -0.336 e. The van der Waals surface area contributed by atoms with E-state index in [1.165, 1.54) is 11.1 Å². The number of nitrogens with one attached hydrogen (secondary N) is 3. The van der Waals surface area contributed by atoms with Crippen molar-refractivity contribution in [3.05, 3.63) is 71.9 Å². The molecule has 4 heterocycles. The van der Waals surface area contributed by atoms with Crippen LogP contribution in [0.15, 0.2) is 60.7 Å². The second kappa shape index (κ2) is 7.18. The number of rotatable bonds is 3. The molecular formula is C25H22N6. The number of hydrogen-bond donors (Lipinski definition) is 3. The van der Waals surface area contributed by atoms with Crippen LogP contribution in [0.3, 0.4) is 0 Å². The summed E-state index contributed by atoms with van der Waals surface area (Å²) in [4.78, 5) is 13.4. The van der Waals surface area contributed by atoms with Crippen molar-refractivity contribution < 1.29 is 0 Å². The number of fused-ring (bicyclic) bond motifs is 2. The molecule has 3 N–H and O–H groups in total. The van der Waals surface area contributed by atoms with E-state index in [4.69, 9.17) is 9.97 Å². The Hall–Kier alpha value is -3.77. The van der Waals surface area contributed by atoms with E-state index < -0.39 is 0 Å². The van der Waals surface area contributed by atoms with Crippen LogP contribution in [-0.2, 0) is 0 Å². The number of imidazole rings is 1. The van der Waals surface area contributed by atoms with Crippen molar-refractivity contribution in [1.29, 1.82) is 0 Å². The molecule has 0 aliphatic carbocycles. The molecule has 5 aromatic rings. The van der Waals surface area contributed by atoms with Crippen molar-refractivity contribution in [2.75, 3.05) is 13.1 Å². The summed E-state index contributed by atoms with van der Waals surface area (Å²) in [6, 6.07) is 18.9. The molecule has 2 aromatic carbocycles. The Kier molecular flexibility index (Phi) is 4.18. The van der Waals surface area contributed by atoms with Gasteiger partial charge in [-0.1, -0.05) is 48.0 Å². The molecule has 0 radical (unpaired) electrons. The first kappa shape index (κ1) is 18.0. The van der Waals surface area contributed by atoms with Gasteiger partial charge in [0, 0.05) is 12.1 Å². The van der Waals surface area contributed by atoms with Gasteiger partial charge in [-0.15, -0.1) is 0 Å². The molecule has 0 bridgehead atoms. The van der Waals surface area contributed by atoms with E-state index in [2.05, 4.69) is 88.1 Å². The van der Waals surface area contributed by atoms with Crippen LogP contribution in [0.2, 0.25) is 0 Å². The fraction of sp³-hybridized carbons (Fsp3) is 0.160. The number of aryl methyl sites for hydroxylation is 1. The number of hydrogen-bond acceptors (Lipinski definition) is 4. The van der Waals surface area contributed by atoms with Crippen LogP contribution in [0.1, 0.15) is 17.7 Å². The molecule has 0 unspecified atom stereocenters. The van der Waals surface area contributed by atoms with E-state index >= 15 is 0 Å². The standard InChI is InChI=1S/C25H22N6/c1-15-4-2-5-17(14-15)18-6-3-7-20-22(18)29-25(28-20)24-23-21(30-31-24)9-8-19(27-23)16-10-12-26-13-11-16/h2-10,14,26H,11-13H2,1H3,(H,28,29)(H,30,31). The highest BCUT2D eigenvalue weighted by molar-refractivity contribution is 5.96. The third-order valence-electron chi connectivity index (χ3n) is 5.87. The molecule has 0 saturated carbocycles. The summed E-state index contributed by atoms with van der Waals surface area (Å²) < 4.78 is 0. The minimum absolute atomic E-state index is 0.727. The monoisotopic (exact) mass is 406 g/mol. The summed E-state index contributed by atoms with van der Waals surface area (Å²) in [6.07, 6.45) is 3.20. The first-order valence-corrected chi connectivity index (χ1v) is 10.6. The van der Waals surface area contributed by atoms with Gasteiger partial charge in [0.05, 0.1) is 22.2 Å². The highest BCUT2D eigenvalue weighted by Crippen LogP contribution is 2.32. The fourth-order valence-corrected chi connectivity index (χ4v) is 4.29. The topological polar surface area (TPSA) is 82.3 Å². The first-order chi connectivity index (χ1) is 15.3. The maximum atomic E-state index is 4.95. The number of aromatic nitrogens is 5. The first-order valence-electron chi connectivity index (χ1n) is 10.6. The Balaban J connectivity index is 1.49. The van der Waals surface area contributed by atoms with Crippen LogP contribution < -0.4 is 5.32 Å². The molecular weight excluding hydrogens is 384 g/mol. The molecule has 1 aliphatic rings. The van der Waals surface area contributed by atoms with Crippen LogP contribution in [0.25, 0.3) is 50.3 Å². The Morgan fingerprint density at radius 3 is 2.71 bits per heavy atom. The molecule has 152 valence electrons. The molecule has 6 nitrogen and oxygen atoms in total. The quantitative estimate of drug-likeness (QED) is 0.400. The Morgan fingerprint density at radius 2 is 1.84 bits per heavy atom. The zero-order valence-corrected chi connectivity index (χ0v) is 17.2. The van der Waals surface area contributed by atoms with Crippen molar-refractivity contribution in [3.8, 4) is 22.6 Å². The Bertz CT molecular complexity index is 1460. The average Bonchev–Trinajstić information content (AvgIpc) is 3.43. The largest absolute Gasteiger partial charge is 0.336 e. The van der Waals surface area contributed by atoms with Crippen LogP contribution in [0, 0.1) is 6.92 Å². The maximum absolute atomic E-state index is 4.95. The lowest BCUT2D eigenvalue weighted by Gasteiger charge is -2.13. The van der Waals surface area contributed by atoms with Crippen molar-refractivity contribution in [2.45, 2.75) is 13.3 Å². The number of aromatic amines is 2. The predicted octanol–water partition coefficient (Wildman–Crippen LogP) is 4.85. The maximum Gasteiger partial charge on any atom is 0.161 e. The summed E-state index contributed by atoms with van der Waals surface area (Å²) in [5.41, 5.74) is 10.2. The number of nitrogens with zero attached hydrogens (tertiary/aromatic N) is 3. The molecule has 0 saturated heterocycles. The summed E-state index contributed by atoms with van der Waals surface area (Å²) in [6.45, 7) is 3.98. The molecule has 0 atom stereocenters. The zero-order valence-electron chi connectivity index (χ0n) is 17.2. The number of pyridine rings is 1. The fourth-order valence-electron chi connectivity index (χ4n) is 4.29. The third kappa shape index (κ3) is 3.12. The van der Waals surface area contributed by atoms with Gasteiger partial charge in [0.2, 0.25) is 0 Å². The second-order valence-electron chi connectivity index (χ2n) is 8.00. The minimum atomic E-state index is 0.727. The molecule has 31 heavy (non-hydrogen) atoms. The van der Waals surface area contributed by atoms with Gasteiger partial charge in [0.15, 0.2) is 11.5 Å². The SMILES string of the molecule is Cc1cccc(-c2cccc3[nH]c(-c4n[nH]c5ccc(C6=CCNCC6)nc45)nc23)c1. The summed E-state index contributed by atoms with van der Waals surface area (Å²) >= 11 is 0. The van der Waals surface area contributed by atoms with E-state index in [1.54, 1.807) is 0 Å². The van der Waals surface area contributed by atoms with Gasteiger partial charge in [0.1, 0.15) is 5.52 Å². The van der Waals surface area contributed by atoms with Gasteiger partial charge < -0.3 is 10.3 Å². The van der Waals surface area contributed by atoms with Gasteiger partial charge in [-0.05, 0) is 49.2 Å². The van der Waals surface area contributed by atoms with Crippen molar-refractivity contribution in [2.24, 2.45) is 0 Å². The van der Waals surface area contributed by atoms with Crippen LogP contribution in [0.5, 0.6) is 0 Å². The summed E-state index contributed by atoms with van der Waals surface area (Å²) in [5.74, 6) is 0.727. The number of para-hydroxylation sites is 1. The van der Waals surface area contributed by atoms with Gasteiger partial charge in [-0.3, -0.25) is 5.10 Å². The molecule has 0 amide bonds. The predicted molar refractivity (Wildman–Crippen MR) is 125 cm³/mol. The van der Waals surface area contributed by atoms with Gasteiger partial charge >= 0.3 is 0 Å². The van der Waals surface area contributed by atoms with E-state index in [1.807, 2.05) is 0 Å². The zero-order chi connectivity index (χ0) is 20.8. The third-order valence-corrected chi connectivity index (χ3v) is 5.87. The van der Waals surface area contributed by atoms with E-state index in [9.17, 15) is 0 Å². The highest BCUT2D eigenvalue weighted by atomic mass is 15.1. The van der Waals surface area contributed by atoms with Crippen molar-refractivity contribution in [3.63, 3.8) is 0 Å². The van der Waals surface area contributed by atoms with Crippen molar-refractivity contribution >= 4 is 27.6 Å². The molecule has 6 heteroatoms. The Morgan fingerprint density at radius 1 is 0.903 bits per heavy atom. The lowest BCUT2D eigenvalue weighted by atomic mass is 10.0. The average molecular weight is 406 g/mol. The molecule has 0 fully saturated rings. The smallest absolute Gasteiger partial charge is 0.161 e. The van der Waals surface area contributed by atoms with Crippen LogP contribution >= 0.6 is 0 Å². The molecule has 1 aliphatic heterocycles. The number of H-pyrrole nitrogens is 2. The Labute approximate surface area is 179 Å². The van der Waals surface area contributed by atoms with Crippen LogP contribution in [0.4, 0.5) is 0 Å². The summed E-state index contributed by atoms with van der Waals surface area (Å²) in [5, 5.41) is 11.0. The second-order valence-corrected chi connectivity index (χ2v) is 8.00. The summed E-state index contributed by atoms with van der Waals surface area (Å²) in [7, 11) is 0. The molecule has 3 aromatic heterocycles. The van der Waals surface area contributed by atoms with E-state index in [0.717, 1.165) is 69.9 Å². The van der Waals surface area contributed by atoms with Gasteiger partial charge in [-0.2, -0.15) is 5.10 Å². The van der Waals surface area contributed by atoms with Gasteiger partial charge in [-0.25, -0.2) is 9.97 Å². The number of benzene rings is 2.